The molecule has 112 valence electrons. The summed E-state index contributed by atoms with van der Waals surface area (Å²) in [5, 5.41) is 3.42. The normalized spacial score (nSPS) is 16.9. The number of rotatable bonds is 6. The summed E-state index contributed by atoms with van der Waals surface area (Å²) in [7, 11) is 0. The molecule has 0 atom stereocenters. The van der Waals surface area contributed by atoms with Gasteiger partial charge in [0.25, 0.3) is 0 Å². The number of hydrogen-bond donors (Lipinski definition) is 1. The molecule has 1 fully saturated rings. The van der Waals surface area contributed by atoms with Crippen LogP contribution in [-0.2, 0) is 6.54 Å². The van der Waals surface area contributed by atoms with E-state index in [-0.39, 0.29) is 0 Å². The molecule has 0 spiro atoms. The van der Waals surface area contributed by atoms with Crippen molar-refractivity contribution in [2.45, 2.75) is 46.6 Å². The molecule has 1 aromatic heterocycles. The molecule has 0 aliphatic carbocycles. The molecule has 3 heteroatoms. The predicted molar refractivity (Wildman–Crippen MR) is 86.0 cm³/mol. The fourth-order valence-electron chi connectivity index (χ4n) is 2.98. The number of piperidine rings is 1. The third-order valence-corrected chi connectivity index (χ3v) is 4.38. The Hall–Kier alpha value is -1.09. The summed E-state index contributed by atoms with van der Waals surface area (Å²) in [6.07, 6.45) is 5.77. The Kier molecular flexibility index (Phi) is 5.84. The molecule has 0 bridgehead atoms. The highest BCUT2D eigenvalue weighted by Crippen LogP contribution is 2.27. The molecule has 0 amide bonds. The number of pyridine rings is 1. The smallest absolute Gasteiger partial charge is 0.0562 e. The maximum absolute atomic E-state index is 4.46. The van der Waals surface area contributed by atoms with Crippen molar-refractivity contribution in [1.82, 2.24) is 10.3 Å². The summed E-state index contributed by atoms with van der Waals surface area (Å²) in [5.74, 6) is 1.72. The SMILES string of the molecule is CCCNCc1cc(N2CCC(C(C)C)CC2)ccn1. The Balaban J connectivity index is 1.91. The van der Waals surface area contributed by atoms with Gasteiger partial charge in [-0.3, -0.25) is 4.98 Å². The van der Waals surface area contributed by atoms with Gasteiger partial charge in [0.05, 0.1) is 5.69 Å². The lowest BCUT2D eigenvalue weighted by atomic mass is 9.86. The van der Waals surface area contributed by atoms with Crippen LogP contribution in [0.4, 0.5) is 5.69 Å². The van der Waals surface area contributed by atoms with E-state index < -0.39 is 0 Å². The fourth-order valence-corrected chi connectivity index (χ4v) is 2.98. The Morgan fingerprint density at radius 1 is 1.35 bits per heavy atom. The van der Waals surface area contributed by atoms with Crippen molar-refractivity contribution >= 4 is 5.69 Å². The van der Waals surface area contributed by atoms with Crippen LogP contribution in [0, 0.1) is 11.8 Å². The van der Waals surface area contributed by atoms with Crippen LogP contribution in [0.15, 0.2) is 18.3 Å². The molecular formula is C17H29N3. The molecule has 0 aromatic carbocycles. The molecule has 20 heavy (non-hydrogen) atoms. The predicted octanol–water partition coefficient (Wildman–Crippen LogP) is 3.45. The highest BCUT2D eigenvalue weighted by atomic mass is 15.1. The van der Waals surface area contributed by atoms with Gasteiger partial charge in [-0.1, -0.05) is 20.8 Å². The molecule has 1 aliphatic heterocycles. The van der Waals surface area contributed by atoms with Crippen molar-refractivity contribution in [2.24, 2.45) is 11.8 Å². The lowest BCUT2D eigenvalue weighted by Crippen LogP contribution is -2.35. The summed E-state index contributed by atoms with van der Waals surface area (Å²) in [5.41, 5.74) is 2.50. The second-order valence-corrected chi connectivity index (χ2v) is 6.25. The maximum Gasteiger partial charge on any atom is 0.0562 e. The van der Waals surface area contributed by atoms with Crippen LogP contribution in [0.2, 0.25) is 0 Å². The Labute approximate surface area is 123 Å². The van der Waals surface area contributed by atoms with Gasteiger partial charge in [0.15, 0.2) is 0 Å². The lowest BCUT2D eigenvalue weighted by Gasteiger charge is -2.35. The summed E-state index contributed by atoms with van der Waals surface area (Å²) >= 11 is 0. The second-order valence-electron chi connectivity index (χ2n) is 6.25. The quantitative estimate of drug-likeness (QED) is 0.806. The van der Waals surface area contributed by atoms with Crippen LogP contribution in [0.1, 0.15) is 45.7 Å². The van der Waals surface area contributed by atoms with Crippen LogP contribution in [0.5, 0.6) is 0 Å². The number of anilines is 1. The number of hydrogen-bond acceptors (Lipinski definition) is 3. The lowest BCUT2D eigenvalue weighted by molar-refractivity contribution is 0.311. The van der Waals surface area contributed by atoms with Gasteiger partial charge in [-0.15, -0.1) is 0 Å². The molecule has 1 aliphatic rings. The minimum Gasteiger partial charge on any atom is -0.371 e. The molecular weight excluding hydrogens is 246 g/mol. The van der Waals surface area contributed by atoms with Gasteiger partial charge in [-0.2, -0.15) is 0 Å². The van der Waals surface area contributed by atoms with Crippen LogP contribution in [0.3, 0.4) is 0 Å². The van der Waals surface area contributed by atoms with Crippen molar-refractivity contribution < 1.29 is 0 Å². The van der Waals surface area contributed by atoms with Gasteiger partial charge in [-0.25, -0.2) is 0 Å². The van der Waals surface area contributed by atoms with E-state index in [0.717, 1.165) is 30.6 Å². The largest absolute Gasteiger partial charge is 0.371 e. The van der Waals surface area contributed by atoms with Crippen molar-refractivity contribution in [2.75, 3.05) is 24.5 Å². The molecule has 1 N–H and O–H groups in total. The van der Waals surface area contributed by atoms with E-state index in [1.807, 2.05) is 6.20 Å². The Morgan fingerprint density at radius 3 is 2.75 bits per heavy atom. The van der Waals surface area contributed by atoms with Crippen molar-refractivity contribution in [3.63, 3.8) is 0 Å². The van der Waals surface area contributed by atoms with Gasteiger partial charge < -0.3 is 10.2 Å². The van der Waals surface area contributed by atoms with Crippen LogP contribution in [-0.4, -0.2) is 24.6 Å². The van der Waals surface area contributed by atoms with Gasteiger partial charge in [0, 0.05) is 31.5 Å². The van der Waals surface area contributed by atoms with E-state index in [4.69, 9.17) is 0 Å². The molecule has 3 nitrogen and oxygen atoms in total. The zero-order valence-corrected chi connectivity index (χ0v) is 13.2. The first-order valence-electron chi connectivity index (χ1n) is 8.11. The highest BCUT2D eigenvalue weighted by Gasteiger charge is 2.21. The third kappa shape index (κ3) is 4.20. The first-order chi connectivity index (χ1) is 9.70. The van der Waals surface area contributed by atoms with E-state index in [1.165, 1.54) is 38.0 Å². The molecule has 2 rings (SSSR count). The van der Waals surface area contributed by atoms with Gasteiger partial charge in [0.1, 0.15) is 0 Å². The Bertz CT molecular complexity index is 395. The molecule has 0 unspecified atom stereocenters. The fraction of sp³-hybridized carbons (Fsp3) is 0.706. The van der Waals surface area contributed by atoms with Crippen LogP contribution >= 0.6 is 0 Å². The first-order valence-corrected chi connectivity index (χ1v) is 8.11. The van der Waals surface area contributed by atoms with E-state index in [9.17, 15) is 0 Å². The Morgan fingerprint density at radius 2 is 2.10 bits per heavy atom. The topological polar surface area (TPSA) is 28.2 Å². The maximum atomic E-state index is 4.46. The van der Waals surface area contributed by atoms with Crippen LogP contribution in [0.25, 0.3) is 0 Å². The standard InChI is InChI=1S/C17H29N3/c1-4-8-18-13-16-12-17(5-9-19-16)20-10-6-15(7-11-20)14(2)3/h5,9,12,14-15,18H,4,6-8,10-11,13H2,1-3H3. The van der Waals surface area contributed by atoms with Gasteiger partial charge in [0.2, 0.25) is 0 Å². The van der Waals surface area contributed by atoms with Gasteiger partial charge in [-0.05, 0) is 49.8 Å². The van der Waals surface area contributed by atoms with E-state index >= 15 is 0 Å². The average molecular weight is 275 g/mol. The van der Waals surface area contributed by atoms with Crippen molar-refractivity contribution in [3.05, 3.63) is 24.0 Å². The summed E-state index contributed by atoms with van der Waals surface area (Å²) < 4.78 is 0. The van der Waals surface area contributed by atoms with Crippen molar-refractivity contribution in [1.29, 1.82) is 0 Å². The number of nitrogens with one attached hydrogen (secondary N) is 1. The monoisotopic (exact) mass is 275 g/mol. The zero-order chi connectivity index (χ0) is 14.4. The molecule has 1 saturated heterocycles. The minimum atomic E-state index is 0.823. The number of aromatic nitrogens is 1. The van der Waals surface area contributed by atoms with Gasteiger partial charge >= 0.3 is 0 Å². The third-order valence-electron chi connectivity index (χ3n) is 4.38. The highest BCUT2D eigenvalue weighted by molar-refractivity contribution is 5.46. The molecule has 0 radical (unpaired) electrons. The average Bonchev–Trinajstić information content (AvgIpc) is 2.48. The zero-order valence-electron chi connectivity index (χ0n) is 13.2. The van der Waals surface area contributed by atoms with E-state index in [0.29, 0.717) is 0 Å². The molecule has 2 heterocycles. The summed E-state index contributed by atoms with van der Waals surface area (Å²) in [6.45, 7) is 11.2. The van der Waals surface area contributed by atoms with E-state index in [1.54, 1.807) is 0 Å². The van der Waals surface area contributed by atoms with Crippen molar-refractivity contribution in [3.8, 4) is 0 Å². The van der Waals surface area contributed by atoms with E-state index in [2.05, 4.69) is 48.1 Å². The summed E-state index contributed by atoms with van der Waals surface area (Å²) in [6, 6.07) is 4.40. The molecule has 1 aromatic rings. The minimum absolute atomic E-state index is 0.823. The number of nitrogens with zero attached hydrogens (tertiary/aromatic N) is 2. The summed E-state index contributed by atoms with van der Waals surface area (Å²) in [4.78, 5) is 6.98. The second kappa shape index (κ2) is 7.63. The first kappa shape index (κ1) is 15.3. The molecule has 0 saturated carbocycles. The van der Waals surface area contributed by atoms with Crippen LogP contribution < -0.4 is 10.2 Å².